The quantitative estimate of drug-likeness (QED) is 0.338. The number of benzene rings is 2. The number of amides is 1. The molecule has 10 nitrogen and oxygen atoms in total. The summed E-state index contributed by atoms with van der Waals surface area (Å²) in [5.74, 6) is -0.241. The van der Waals surface area contributed by atoms with Crippen molar-refractivity contribution < 1.29 is 19.2 Å². The number of nitro benzene ring substituents is 1. The lowest BCUT2D eigenvalue weighted by atomic mass is 10.1. The number of hydrogen-bond donors (Lipinski definition) is 1. The van der Waals surface area contributed by atoms with Gasteiger partial charge in [-0.15, -0.1) is 0 Å². The number of ether oxygens (including phenoxy) is 2. The highest BCUT2D eigenvalue weighted by molar-refractivity contribution is 7.80. The van der Waals surface area contributed by atoms with Gasteiger partial charge in [0.1, 0.15) is 11.4 Å². The van der Waals surface area contributed by atoms with Gasteiger partial charge in [0.25, 0.3) is 11.6 Å². The van der Waals surface area contributed by atoms with Gasteiger partial charge in [0, 0.05) is 56.0 Å². The summed E-state index contributed by atoms with van der Waals surface area (Å²) in [5.41, 5.74) is 1.77. The van der Waals surface area contributed by atoms with Crippen molar-refractivity contribution in [2.75, 3.05) is 69.4 Å². The van der Waals surface area contributed by atoms with Crippen LogP contribution in [0.1, 0.15) is 10.4 Å². The first-order chi connectivity index (χ1) is 17.3. The number of carbonyl (C=O) groups excluding carboxylic acids is 1. The maximum atomic E-state index is 12.8. The maximum Gasteiger partial charge on any atom is 0.292 e. The van der Waals surface area contributed by atoms with Crippen LogP contribution in [0.4, 0.5) is 17.1 Å². The standard InChI is InChI=1S/C23H25Cl2N5O5S/c1-34-21-17(12-15(24)13-18(21)25)22(31)26-23(36)29-6-4-27(5-7-29)16-2-3-19(30(32)33)20(14-16)28-8-10-35-11-9-28/h2-3,12-14H,4-11H2,1H3,(H,26,31,36). The Balaban J connectivity index is 1.41. The second-order valence-corrected chi connectivity index (χ2v) is 9.46. The van der Waals surface area contributed by atoms with Crippen LogP contribution in [0.15, 0.2) is 30.3 Å². The number of nitrogens with one attached hydrogen (secondary N) is 1. The predicted molar refractivity (Wildman–Crippen MR) is 143 cm³/mol. The number of hydrogen-bond acceptors (Lipinski definition) is 8. The highest BCUT2D eigenvalue weighted by Gasteiger charge is 2.26. The molecule has 2 aliphatic rings. The van der Waals surface area contributed by atoms with E-state index >= 15 is 0 Å². The SMILES string of the molecule is COc1c(Cl)cc(Cl)cc1C(=O)NC(=S)N1CCN(c2ccc([N+](=O)[O-])c(N3CCOCC3)c2)CC1. The van der Waals surface area contributed by atoms with E-state index in [9.17, 15) is 14.9 Å². The van der Waals surface area contributed by atoms with Crippen molar-refractivity contribution in [3.63, 3.8) is 0 Å². The van der Waals surface area contributed by atoms with Gasteiger partial charge in [-0.05, 0) is 36.5 Å². The van der Waals surface area contributed by atoms with Crippen molar-refractivity contribution in [2.24, 2.45) is 0 Å². The summed E-state index contributed by atoms with van der Waals surface area (Å²) >= 11 is 17.7. The molecule has 2 aromatic rings. The molecule has 0 aromatic heterocycles. The number of nitro groups is 1. The predicted octanol–water partition coefficient (Wildman–Crippen LogP) is 3.58. The van der Waals surface area contributed by atoms with Crippen molar-refractivity contribution in [1.29, 1.82) is 0 Å². The third-order valence-electron chi connectivity index (χ3n) is 6.12. The number of methoxy groups -OCH3 is 1. The second kappa shape index (κ2) is 11.5. The number of thiocarbonyl (C=S) groups is 1. The lowest BCUT2D eigenvalue weighted by molar-refractivity contribution is -0.384. The maximum absolute atomic E-state index is 12.8. The zero-order chi connectivity index (χ0) is 25.8. The molecule has 1 N–H and O–H groups in total. The third-order valence-corrected chi connectivity index (χ3v) is 6.98. The van der Waals surface area contributed by atoms with Crippen molar-refractivity contribution in [3.8, 4) is 5.75 Å². The van der Waals surface area contributed by atoms with E-state index in [1.807, 2.05) is 15.9 Å². The molecule has 2 aromatic carbocycles. The van der Waals surface area contributed by atoms with E-state index in [0.717, 1.165) is 5.69 Å². The molecule has 2 heterocycles. The highest BCUT2D eigenvalue weighted by atomic mass is 35.5. The Morgan fingerprint density at radius 3 is 2.42 bits per heavy atom. The fraction of sp³-hybridized carbons (Fsp3) is 0.391. The first-order valence-corrected chi connectivity index (χ1v) is 12.4. The number of anilines is 2. The molecule has 0 atom stereocenters. The summed E-state index contributed by atoms with van der Waals surface area (Å²) in [6.07, 6.45) is 0. The van der Waals surface area contributed by atoms with Crippen molar-refractivity contribution >= 4 is 63.5 Å². The zero-order valence-electron chi connectivity index (χ0n) is 19.5. The van der Waals surface area contributed by atoms with Gasteiger partial charge in [-0.2, -0.15) is 0 Å². The minimum Gasteiger partial charge on any atom is -0.494 e. The Kier molecular flexibility index (Phi) is 8.35. The molecule has 2 saturated heterocycles. The van der Waals surface area contributed by atoms with Crippen molar-refractivity contribution in [3.05, 3.63) is 56.1 Å². The van der Waals surface area contributed by atoms with Gasteiger partial charge in [0.05, 0.1) is 35.8 Å². The zero-order valence-corrected chi connectivity index (χ0v) is 21.9. The summed E-state index contributed by atoms with van der Waals surface area (Å²) < 4.78 is 10.6. The van der Waals surface area contributed by atoms with Crippen molar-refractivity contribution in [1.82, 2.24) is 10.2 Å². The smallest absolute Gasteiger partial charge is 0.292 e. The first kappa shape index (κ1) is 26.2. The number of morpholine rings is 1. The average molecular weight is 554 g/mol. The Morgan fingerprint density at radius 1 is 1.08 bits per heavy atom. The Morgan fingerprint density at radius 2 is 1.78 bits per heavy atom. The van der Waals surface area contributed by atoms with Gasteiger partial charge >= 0.3 is 0 Å². The van der Waals surface area contributed by atoms with Crippen LogP contribution in [0, 0.1) is 10.1 Å². The molecule has 4 rings (SSSR count). The molecule has 0 aliphatic carbocycles. The van der Waals surface area contributed by atoms with E-state index in [4.69, 9.17) is 44.9 Å². The fourth-order valence-electron chi connectivity index (χ4n) is 4.27. The van der Waals surface area contributed by atoms with Crippen LogP contribution in [0.5, 0.6) is 5.75 Å². The van der Waals surface area contributed by atoms with E-state index in [-0.39, 0.29) is 32.1 Å². The van der Waals surface area contributed by atoms with Crippen LogP contribution in [-0.4, -0.2) is 80.4 Å². The minimum absolute atomic E-state index is 0.0831. The summed E-state index contributed by atoms with van der Waals surface area (Å²) in [4.78, 5) is 30.1. The van der Waals surface area contributed by atoms with Gasteiger partial charge in [-0.3, -0.25) is 20.2 Å². The largest absolute Gasteiger partial charge is 0.494 e. The molecular weight excluding hydrogens is 529 g/mol. The van der Waals surface area contributed by atoms with Crippen LogP contribution >= 0.6 is 35.4 Å². The van der Waals surface area contributed by atoms with E-state index in [0.29, 0.717) is 63.2 Å². The molecule has 2 fully saturated rings. The molecule has 0 radical (unpaired) electrons. The van der Waals surface area contributed by atoms with E-state index in [1.54, 1.807) is 12.1 Å². The molecule has 0 spiro atoms. The van der Waals surface area contributed by atoms with Crippen LogP contribution in [0.3, 0.4) is 0 Å². The lowest BCUT2D eigenvalue weighted by Crippen LogP contribution is -2.52. The number of piperazine rings is 1. The van der Waals surface area contributed by atoms with Gasteiger partial charge in [-0.25, -0.2) is 0 Å². The summed E-state index contributed by atoms with van der Waals surface area (Å²) in [7, 11) is 1.42. The van der Waals surface area contributed by atoms with E-state index in [2.05, 4.69) is 10.2 Å². The molecule has 1 amide bonds. The molecule has 0 saturated carbocycles. The molecule has 36 heavy (non-hydrogen) atoms. The van der Waals surface area contributed by atoms with Gasteiger partial charge < -0.3 is 24.2 Å². The normalized spacial score (nSPS) is 16.0. The number of halogens is 2. The van der Waals surface area contributed by atoms with Crippen LogP contribution < -0.4 is 19.9 Å². The topological polar surface area (TPSA) is 100 Å². The van der Waals surface area contributed by atoms with Crippen LogP contribution in [0.2, 0.25) is 10.0 Å². The fourth-order valence-corrected chi connectivity index (χ4v) is 5.11. The van der Waals surface area contributed by atoms with Crippen molar-refractivity contribution in [2.45, 2.75) is 0 Å². The summed E-state index contributed by atoms with van der Waals surface area (Å²) in [6.45, 7) is 4.68. The Labute approximate surface area is 223 Å². The van der Waals surface area contributed by atoms with Crippen LogP contribution in [-0.2, 0) is 4.74 Å². The Hall–Kier alpha value is -2.86. The Bertz CT molecular complexity index is 1170. The van der Waals surface area contributed by atoms with Gasteiger partial charge in [-0.1, -0.05) is 23.2 Å². The summed E-state index contributed by atoms with van der Waals surface area (Å²) in [6, 6.07) is 8.17. The highest BCUT2D eigenvalue weighted by Crippen LogP contribution is 2.34. The monoisotopic (exact) mass is 553 g/mol. The molecule has 192 valence electrons. The second-order valence-electron chi connectivity index (χ2n) is 8.23. The van der Waals surface area contributed by atoms with Gasteiger partial charge in [0.2, 0.25) is 0 Å². The molecule has 0 unspecified atom stereocenters. The third kappa shape index (κ3) is 5.75. The molecule has 13 heteroatoms. The molecule has 0 bridgehead atoms. The minimum atomic E-state index is -0.464. The number of rotatable bonds is 5. The van der Waals surface area contributed by atoms with E-state index in [1.165, 1.54) is 19.2 Å². The average Bonchev–Trinajstić information content (AvgIpc) is 2.88. The number of carbonyl (C=O) groups is 1. The summed E-state index contributed by atoms with van der Waals surface area (Å²) in [5, 5.41) is 15.2. The lowest BCUT2D eigenvalue weighted by Gasteiger charge is -2.37. The molecular formula is C23H25Cl2N5O5S. The van der Waals surface area contributed by atoms with Gasteiger partial charge in [0.15, 0.2) is 5.11 Å². The molecule has 2 aliphatic heterocycles. The van der Waals surface area contributed by atoms with Crippen LogP contribution in [0.25, 0.3) is 0 Å². The first-order valence-electron chi connectivity index (χ1n) is 11.3. The number of nitrogens with zero attached hydrogens (tertiary/aromatic N) is 4. The van der Waals surface area contributed by atoms with E-state index < -0.39 is 5.91 Å².